The van der Waals surface area contributed by atoms with Gasteiger partial charge >= 0.3 is 0 Å². The predicted molar refractivity (Wildman–Crippen MR) is 101 cm³/mol. The Labute approximate surface area is 158 Å². The molecule has 3 aliphatic heterocycles. The van der Waals surface area contributed by atoms with Gasteiger partial charge < -0.3 is 9.80 Å². The van der Waals surface area contributed by atoms with Gasteiger partial charge in [-0.3, -0.25) is 14.7 Å². The maximum atomic E-state index is 13.3. The van der Waals surface area contributed by atoms with Gasteiger partial charge in [-0.25, -0.2) is 0 Å². The predicted octanol–water partition coefficient (Wildman–Crippen LogP) is 2.55. The molecule has 3 atom stereocenters. The first-order valence-corrected chi connectivity index (χ1v) is 9.88. The average molecular weight is 364 g/mol. The number of H-pyrrole nitrogens is 1. The third-order valence-corrected chi connectivity index (χ3v) is 6.40. The smallest absolute Gasteiger partial charge is 0.257 e. The molecule has 3 aliphatic rings. The standard InChI is InChI=1S/C21H24N4O2/c26-19-8-4-7-18-16-9-14(12-25(18)19)11-24(13-16)21(27)17-10-22-23-20(17)15-5-2-1-3-6-15/h1-3,5-6,10,14,16,18H,4,7-9,11-13H2,(H,22,23)/t14-,16-,18-/m1/s1. The van der Waals surface area contributed by atoms with Crippen LogP contribution in [-0.4, -0.2) is 57.5 Å². The van der Waals surface area contributed by atoms with Crippen molar-refractivity contribution in [1.29, 1.82) is 0 Å². The molecule has 2 aromatic rings. The molecule has 0 radical (unpaired) electrons. The lowest BCUT2D eigenvalue weighted by Crippen LogP contribution is -2.61. The number of nitrogens with one attached hydrogen (secondary N) is 1. The van der Waals surface area contributed by atoms with E-state index >= 15 is 0 Å². The molecule has 1 aromatic heterocycles. The number of piperidine rings is 3. The molecule has 3 saturated heterocycles. The van der Waals surface area contributed by atoms with Crippen molar-refractivity contribution in [3.8, 4) is 11.3 Å². The number of nitrogens with zero attached hydrogens (tertiary/aromatic N) is 3. The number of aromatic amines is 1. The van der Waals surface area contributed by atoms with E-state index in [2.05, 4.69) is 15.1 Å². The van der Waals surface area contributed by atoms with Crippen molar-refractivity contribution >= 4 is 11.8 Å². The molecule has 1 N–H and O–H groups in total. The summed E-state index contributed by atoms with van der Waals surface area (Å²) in [5.41, 5.74) is 2.39. The lowest BCUT2D eigenvalue weighted by atomic mass is 9.76. The molecule has 4 heterocycles. The molecule has 6 heteroatoms. The van der Waals surface area contributed by atoms with Crippen LogP contribution >= 0.6 is 0 Å². The Hall–Kier alpha value is -2.63. The number of benzene rings is 1. The Morgan fingerprint density at radius 3 is 2.85 bits per heavy atom. The van der Waals surface area contributed by atoms with E-state index < -0.39 is 0 Å². The zero-order valence-electron chi connectivity index (χ0n) is 15.3. The third kappa shape index (κ3) is 2.83. The topological polar surface area (TPSA) is 69.3 Å². The molecule has 2 bridgehead atoms. The van der Waals surface area contributed by atoms with Crippen LogP contribution in [0.25, 0.3) is 11.3 Å². The Kier molecular flexibility index (Phi) is 3.99. The molecule has 0 saturated carbocycles. The molecule has 0 unspecified atom stereocenters. The van der Waals surface area contributed by atoms with Crippen LogP contribution in [0.3, 0.4) is 0 Å². The highest BCUT2D eigenvalue weighted by Gasteiger charge is 2.45. The van der Waals surface area contributed by atoms with E-state index in [1.54, 1.807) is 6.20 Å². The maximum Gasteiger partial charge on any atom is 0.257 e. The van der Waals surface area contributed by atoms with Crippen LogP contribution in [0.5, 0.6) is 0 Å². The molecule has 27 heavy (non-hydrogen) atoms. The van der Waals surface area contributed by atoms with E-state index in [-0.39, 0.29) is 5.91 Å². The Morgan fingerprint density at radius 2 is 2.00 bits per heavy atom. The Bertz CT molecular complexity index is 862. The second-order valence-electron chi connectivity index (χ2n) is 8.10. The second kappa shape index (κ2) is 6.51. The minimum Gasteiger partial charge on any atom is -0.339 e. The second-order valence-corrected chi connectivity index (χ2v) is 8.10. The lowest BCUT2D eigenvalue weighted by molar-refractivity contribution is -0.144. The van der Waals surface area contributed by atoms with Gasteiger partial charge in [0.25, 0.3) is 5.91 Å². The number of aromatic nitrogens is 2. The molecule has 5 rings (SSSR count). The molecule has 6 nitrogen and oxygen atoms in total. The fourth-order valence-electron chi connectivity index (χ4n) is 5.22. The number of hydrogen-bond donors (Lipinski definition) is 1. The van der Waals surface area contributed by atoms with Crippen LogP contribution in [-0.2, 0) is 4.79 Å². The summed E-state index contributed by atoms with van der Waals surface area (Å²) in [6.07, 6.45) is 5.52. The van der Waals surface area contributed by atoms with E-state index in [0.29, 0.717) is 35.8 Å². The van der Waals surface area contributed by atoms with E-state index in [0.717, 1.165) is 50.2 Å². The zero-order chi connectivity index (χ0) is 18.4. The number of hydrogen-bond acceptors (Lipinski definition) is 3. The van der Waals surface area contributed by atoms with Crippen LogP contribution in [0.1, 0.15) is 36.0 Å². The van der Waals surface area contributed by atoms with Crippen LogP contribution in [0, 0.1) is 11.8 Å². The van der Waals surface area contributed by atoms with Crippen molar-refractivity contribution in [3.63, 3.8) is 0 Å². The van der Waals surface area contributed by atoms with Gasteiger partial charge in [0.1, 0.15) is 0 Å². The van der Waals surface area contributed by atoms with Crippen molar-refractivity contribution in [1.82, 2.24) is 20.0 Å². The average Bonchev–Trinajstić information content (AvgIpc) is 3.19. The minimum atomic E-state index is 0.0490. The van der Waals surface area contributed by atoms with E-state index in [1.165, 1.54) is 0 Å². The van der Waals surface area contributed by atoms with Gasteiger partial charge in [-0.15, -0.1) is 0 Å². The molecular formula is C21H24N4O2. The van der Waals surface area contributed by atoms with Crippen molar-refractivity contribution in [2.24, 2.45) is 11.8 Å². The number of carbonyl (C=O) groups is 2. The summed E-state index contributed by atoms with van der Waals surface area (Å²) in [7, 11) is 0. The molecule has 0 spiro atoms. The Balaban J connectivity index is 1.39. The first-order valence-electron chi connectivity index (χ1n) is 9.88. The van der Waals surface area contributed by atoms with Gasteiger partial charge in [-0.1, -0.05) is 30.3 Å². The van der Waals surface area contributed by atoms with Gasteiger partial charge in [-0.05, 0) is 31.1 Å². The van der Waals surface area contributed by atoms with Crippen molar-refractivity contribution in [2.75, 3.05) is 19.6 Å². The Morgan fingerprint density at radius 1 is 1.15 bits per heavy atom. The molecular weight excluding hydrogens is 340 g/mol. The summed E-state index contributed by atoms with van der Waals surface area (Å²) >= 11 is 0. The molecule has 2 amide bonds. The summed E-state index contributed by atoms with van der Waals surface area (Å²) in [6.45, 7) is 2.27. The SMILES string of the molecule is O=C(c1cn[nH]c1-c1ccccc1)N1C[C@H]2C[C@H](C1)[C@H]1CCCC(=O)N1C2. The van der Waals surface area contributed by atoms with E-state index in [4.69, 9.17) is 0 Å². The molecule has 3 fully saturated rings. The lowest BCUT2D eigenvalue weighted by Gasteiger charge is -2.52. The van der Waals surface area contributed by atoms with Crippen LogP contribution in [0.15, 0.2) is 36.5 Å². The number of fused-ring (bicyclic) bond motifs is 4. The number of rotatable bonds is 2. The van der Waals surface area contributed by atoms with Crippen molar-refractivity contribution in [2.45, 2.75) is 31.7 Å². The van der Waals surface area contributed by atoms with Crippen LogP contribution < -0.4 is 0 Å². The van der Waals surface area contributed by atoms with Crippen molar-refractivity contribution in [3.05, 3.63) is 42.1 Å². The third-order valence-electron chi connectivity index (χ3n) is 6.40. The van der Waals surface area contributed by atoms with Gasteiger partial charge in [0.15, 0.2) is 0 Å². The summed E-state index contributed by atoms with van der Waals surface area (Å²) in [6, 6.07) is 10.2. The largest absolute Gasteiger partial charge is 0.339 e. The quantitative estimate of drug-likeness (QED) is 0.890. The summed E-state index contributed by atoms with van der Waals surface area (Å²) in [5.74, 6) is 1.14. The highest BCUT2D eigenvalue weighted by Crippen LogP contribution is 2.38. The van der Waals surface area contributed by atoms with Crippen LogP contribution in [0.2, 0.25) is 0 Å². The number of likely N-dealkylation sites (tertiary alicyclic amines) is 1. The fourth-order valence-corrected chi connectivity index (χ4v) is 5.22. The first kappa shape index (κ1) is 16.5. The zero-order valence-corrected chi connectivity index (χ0v) is 15.3. The van der Waals surface area contributed by atoms with Gasteiger partial charge in [0.05, 0.1) is 17.5 Å². The number of amides is 2. The minimum absolute atomic E-state index is 0.0490. The van der Waals surface area contributed by atoms with E-state index in [1.807, 2.05) is 35.2 Å². The fraction of sp³-hybridized carbons (Fsp3) is 0.476. The molecule has 1 aromatic carbocycles. The maximum absolute atomic E-state index is 13.3. The molecule has 0 aliphatic carbocycles. The normalized spacial score (nSPS) is 27.4. The van der Waals surface area contributed by atoms with Crippen LogP contribution in [0.4, 0.5) is 0 Å². The summed E-state index contributed by atoms with van der Waals surface area (Å²) < 4.78 is 0. The highest BCUT2D eigenvalue weighted by molar-refractivity contribution is 5.99. The van der Waals surface area contributed by atoms with Gasteiger partial charge in [0, 0.05) is 37.7 Å². The highest BCUT2D eigenvalue weighted by atomic mass is 16.2. The van der Waals surface area contributed by atoms with E-state index in [9.17, 15) is 9.59 Å². The van der Waals surface area contributed by atoms with Crippen molar-refractivity contribution < 1.29 is 9.59 Å². The summed E-state index contributed by atoms with van der Waals surface area (Å²) in [5, 5.41) is 7.13. The first-order chi connectivity index (χ1) is 13.2. The molecule has 140 valence electrons. The monoisotopic (exact) mass is 364 g/mol. The van der Waals surface area contributed by atoms with Gasteiger partial charge in [0.2, 0.25) is 5.91 Å². The van der Waals surface area contributed by atoms with Gasteiger partial charge in [-0.2, -0.15) is 5.10 Å². The summed E-state index contributed by atoms with van der Waals surface area (Å²) in [4.78, 5) is 29.7. The number of carbonyl (C=O) groups excluding carboxylic acids is 2.